The molecule has 0 atom stereocenters. The van der Waals surface area contributed by atoms with Gasteiger partial charge in [0, 0.05) is 11.6 Å². The van der Waals surface area contributed by atoms with Gasteiger partial charge in [-0.3, -0.25) is 0 Å². The molecule has 0 aliphatic rings. The fraction of sp³-hybridized carbons (Fsp3) is 0.308. The van der Waals surface area contributed by atoms with Gasteiger partial charge in [-0.1, -0.05) is 22.9 Å². The Morgan fingerprint density at radius 1 is 1.00 bits per heavy atom. The van der Waals surface area contributed by atoms with Crippen molar-refractivity contribution in [3.8, 4) is 11.3 Å². The molecule has 2 aromatic rings. The number of benzene rings is 1. The Balaban J connectivity index is 2.53. The van der Waals surface area contributed by atoms with E-state index in [0.717, 1.165) is 22.8 Å². The number of aryl methyl sites for hydroxylation is 3. The van der Waals surface area contributed by atoms with Crippen LogP contribution in [0.3, 0.4) is 0 Å². The first-order valence-electron chi connectivity index (χ1n) is 5.41. The van der Waals surface area contributed by atoms with Crippen molar-refractivity contribution in [2.24, 2.45) is 0 Å². The molecule has 0 aliphatic heterocycles. The van der Waals surface area contributed by atoms with Crippen molar-refractivity contribution in [3.63, 3.8) is 0 Å². The van der Waals surface area contributed by atoms with Crippen molar-refractivity contribution in [1.29, 1.82) is 0 Å². The molecular weight excluding hydrogens is 243 g/mol. The highest BCUT2D eigenvalue weighted by molar-refractivity contribution is 5.67. The zero-order chi connectivity index (χ0) is 13.5. The zero-order valence-electron chi connectivity index (χ0n) is 10.2. The number of nitrogens with zero attached hydrogens (tertiary/aromatic N) is 1. The van der Waals surface area contributed by atoms with E-state index < -0.39 is 11.9 Å². The topological polar surface area (TPSA) is 26.0 Å². The van der Waals surface area contributed by atoms with Crippen LogP contribution in [0.5, 0.6) is 0 Å². The molecule has 5 heteroatoms. The lowest BCUT2D eigenvalue weighted by atomic mass is 9.98. The monoisotopic (exact) mass is 255 g/mol. The highest BCUT2D eigenvalue weighted by Crippen LogP contribution is 2.34. The summed E-state index contributed by atoms with van der Waals surface area (Å²) in [5.41, 5.74) is 2.47. The second-order valence-corrected chi connectivity index (χ2v) is 4.35. The summed E-state index contributed by atoms with van der Waals surface area (Å²) in [7, 11) is 0. The normalized spacial score (nSPS) is 11.9. The van der Waals surface area contributed by atoms with E-state index in [-0.39, 0.29) is 5.76 Å². The van der Waals surface area contributed by atoms with Gasteiger partial charge in [-0.15, -0.1) is 0 Å². The Morgan fingerprint density at radius 3 is 2.00 bits per heavy atom. The van der Waals surface area contributed by atoms with Crippen molar-refractivity contribution in [1.82, 2.24) is 5.16 Å². The maximum absolute atomic E-state index is 12.5. The Kier molecular flexibility index (Phi) is 2.92. The third-order valence-electron chi connectivity index (χ3n) is 2.72. The van der Waals surface area contributed by atoms with Gasteiger partial charge in [0.2, 0.25) is 0 Å². The zero-order valence-corrected chi connectivity index (χ0v) is 10.2. The fourth-order valence-electron chi connectivity index (χ4n) is 2.10. The van der Waals surface area contributed by atoms with Gasteiger partial charge < -0.3 is 4.52 Å². The van der Waals surface area contributed by atoms with Crippen LogP contribution < -0.4 is 0 Å². The molecular formula is C13H12F3NO. The van der Waals surface area contributed by atoms with Gasteiger partial charge in [-0.05, 0) is 31.9 Å². The van der Waals surface area contributed by atoms with E-state index in [1.807, 2.05) is 32.9 Å². The molecule has 0 unspecified atom stereocenters. The number of aromatic nitrogens is 1. The molecule has 18 heavy (non-hydrogen) atoms. The summed E-state index contributed by atoms with van der Waals surface area (Å²) in [5.74, 6) is 0.150. The van der Waals surface area contributed by atoms with Crippen LogP contribution in [0.1, 0.15) is 22.4 Å². The minimum absolute atomic E-state index is 0.150. The van der Waals surface area contributed by atoms with E-state index >= 15 is 0 Å². The van der Waals surface area contributed by atoms with E-state index in [9.17, 15) is 13.2 Å². The van der Waals surface area contributed by atoms with Gasteiger partial charge >= 0.3 is 6.18 Å². The number of hydrogen-bond acceptors (Lipinski definition) is 2. The highest BCUT2D eigenvalue weighted by atomic mass is 19.4. The van der Waals surface area contributed by atoms with Crippen LogP contribution in [0, 0.1) is 20.8 Å². The van der Waals surface area contributed by atoms with E-state index in [4.69, 9.17) is 4.52 Å². The minimum Gasteiger partial charge on any atom is -0.356 e. The molecule has 0 bridgehead atoms. The summed E-state index contributed by atoms with van der Waals surface area (Å²) in [4.78, 5) is 0. The summed E-state index contributed by atoms with van der Waals surface area (Å²) >= 11 is 0. The lowest BCUT2D eigenvalue weighted by molar-refractivity contribution is -0.142. The van der Waals surface area contributed by atoms with E-state index in [2.05, 4.69) is 5.16 Å². The predicted octanol–water partition coefficient (Wildman–Crippen LogP) is 4.29. The molecule has 0 amide bonds. The van der Waals surface area contributed by atoms with Crippen molar-refractivity contribution in [3.05, 3.63) is 40.6 Å². The second-order valence-electron chi connectivity index (χ2n) is 4.35. The van der Waals surface area contributed by atoms with Crippen molar-refractivity contribution >= 4 is 0 Å². The Hall–Kier alpha value is -1.78. The van der Waals surface area contributed by atoms with Crippen LogP contribution in [0.15, 0.2) is 22.7 Å². The molecule has 2 nitrogen and oxygen atoms in total. The van der Waals surface area contributed by atoms with Crippen molar-refractivity contribution < 1.29 is 17.7 Å². The SMILES string of the molecule is Cc1cc(C)c(-c2cc(C(F)(F)F)no2)c(C)c1. The molecule has 0 saturated carbocycles. The summed E-state index contributed by atoms with van der Waals surface area (Å²) < 4.78 is 42.2. The van der Waals surface area contributed by atoms with Crippen LogP contribution in [-0.2, 0) is 6.18 Å². The van der Waals surface area contributed by atoms with Crippen molar-refractivity contribution in [2.75, 3.05) is 0 Å². The minimum atomic E-state index is -4.48. The molecule has 96 valence electrons. The van der Waals surface area contributed by atoms with Crippen LogP contribution in [0.4, 0.5) is 13.2 Å². The first kappa shape index (κ1) is 12.7. The molecule has 1 aromatic carbocycles. The maximum atomic E-state index is 12.5. The molecule has 1 heterocycles. The lowest BCUT2D eigenvalue weighted by Gasteiger charge is -2.07. The Labute approximate surface area is 102 Å². The molecule has 2 rings (SSSR count). The summed E-state index contributed by atoms with van der Waals surface area (Å²) in [6, 6.07) is 4.74. The molecule has 0 aliphatic carbocycles. The van der Waals surface area contributed by atoms with Crippen molar-refractivity contribution in [2.45, 2.75) is 26.9 Å². The average Bonchev–Trinajstić information content (AvgIpc) is 2.64. The van der Waals surface area contributed by atoms with Gasteiger partial charge in [0.15, 0.2) is 11.5 Å². The molecule has 1 aromatic heterocycles. The van der Waals surface area contributed by atoms with Gasteiger partial charge in [-0.25, -0.2) is 0 Å². The lowest BCUT2D eigenvalue weighted by Crippen LogP contribution is -2.04. The number of rotatable bonds is 1. The second kappa shape index (κ2) is 4.15. The van der Waals surface area contributed by atoms with Gasteiger partial charge in [0.1, 0.15) is 0 Å². The van der Waals surface area contributed by atoms with E-state index in [1.54, 1.807) is 0 Å². The predicted molar refractivity (Wildman–Crippen MR) is 61.2 cm³/mol. The molecule has 0 N–H and O–H groups in total. The van der Waals surface area contributed by atoms with E-state index in [1.165, 1.54) is 0 Å². The number of hydrogen-bond donors (Lipinski definition) is 0. The quantitative estimate of drug-likeness (QED) is 0.759. The first-order chi connectivity index (χ1) is 8.29. The largest absolute Gasteiger partial charge is 0.436 e. The first-order valence-corrected chi connectivity index (χ1v) is 5.41. The smallest absolute Gasteiger partial charge is 0.356 e. The van der Waals surface area contributed by atoms with Crippen LogP contribution in [0.25, 0.3) is 11.3 Å². The fourth-order valence-corrected chi connectivity index (χ4v) is 2.10. The van der Waals surface area contributed by atoms with Gasteiger partial charge in [0.25, 0.3) is 0 Å². The summed E-state index contributed by atoms with van der Waals surface area (Å²) in [6.45, 7) is 5.61. The Morgan fingerprint density at radius 2 is 1.56 bits per heavy atom. The summed E-state index contributed by atoms with van der Waals surface area (Å²) in [5, 5.41) is 3.07. The molecule has 0 spiro atoms. The number of halogens is 3. The standard InChI is InChI=1S/C13H12F3NO/c1-7-4-8(2)12(9(3)5-7)10-6-11(17-18-10)13(14,15)16/h4-6H,1-3H3. The molecule has 0 saturated heterocycles. The van der Waals surface area contributed by atoms with Gasteiger partial charge in [-0.2, -0.15) is 13.2 Å². The third-order valence-corrected chi connectivity index (χ3v) is 2.72. The highest BCUT2D eigenvalue weighted by Gasteiger charge is 2.35. The maximum Gasteiger partial charge on any atom is 0.436 e. The van der Waals surface area contributed by atoms with Gasteiger partial charge in [0.05, 0.1) is 0 Å². The molecule has 0 fully saturated rings. The van der Waals surface area contributed by atoms with Crippen LogP contribution in [-0.4, -0.2) is 5.16 Å². The summed E-state index contributed by atoms with van der Waals surface area (Å²) in [6.07, 6.45) is -4.48. The third kappa shape index (κ3) is 2.25. The van der Waals surface area contributed by atoms with E-state index in [0.29, 0.717) is 5.56 Å². The number of alkyl halides is 3. The molecule has 0 radical (unpaired) electrons. The van der Waals surface area contributed by atoms with Crippen LogP contribution >= 0.6 is 0 Å². The van der Waals surface area contributed by atoms with Crippen LogP contribution in [0.2, 0.25) is 0 Å². The average molecular weight is 255 g/mol. The Bertz CT molecular complexity index is 561.